The van der Waals surface area contributed by atoms with E-state index in [1.807, 2.05) is 25.7 Å². The number of aromatic nitrogens is 4. The summed E-state index contributed by atoms with van der Waals surface area (Å²) in [5.41, 5.74) is 0.572. The second-order valence-corrected chi connectivity index (χ2v) is 12.1. The summed E-state index contributed by atoms with van der Waals surface area (Å²) in [4.78, 5) is 33.7. The third-order valence-corrected chi connectivity index (χ3v) is 6.45. The molecule has 1 aliphatic heterocycles. The van der Waals surface area contributed by atoms with Crippen molar-refractivity contribution in [2.75, 3.05) is 36.4 Å². The van der Waals surface area contributed by atoms with Crippen molar-refractivity contribution in [1.29, 1.82) is 0 Å². The Balaban J connectivity index is 1.51. The third kappa shape index (κ3) is 8.89. The SMILES string of the molecule is CC(C)(C)OC(=O)N1CCN(c2nc(CNc3ncc(Cl)cn3)cc(Oc3ccc(CS(N)(=O)=O)cc3)n2)CC1. The molecule has 214 valence electrons. The summed E-state index contributed by atoms with van der Waals surface area (Å²) in [7, 11) is -3.65. The van der Waals surface area contributed by atoms with Crippen molar-refractivity contribution >= 4 is 39.6 Å². The smallest absolute Gasteiger partial charge is 0.410 e. The number of ether oxygens (including phenoxy) is 2. The lowest BCUT2D eigenvalue weighted by Crippen LogP contribution is -2.50. The summed E-state index contributed by atoms with van der Waals surface area (Å²) < 4.78 is 34.2. The Hall–Kier alpha value is -3.75. The number of carbonyl (C=O) groups excluding carboxylic acids is 1. The van der Waals surface area contributed by atoms with E-state index in [0.717, 1.165) is 0 Å². The van der Waals surface area contributed by atoms with Gasteiger partial charge in [-0.3, -0.25) is 0 Å². The van der Waals surface area contributed by atoms with Crippen LogP contribution in [0, 0.1) is 0 Å². The van der Waals surface area contributed by atoms with Gasteiger partial charge in [0.25, 0.3) is 0 Å². The molecule has 0 aliphatic carbocycles. The Bertz CT molecular complexity index is 1430. The van der Waals surface area contributed by atoms with Crippen molar-refractivity contribution in [2.24, 2.45) is 5.14 Å². The monoisotopic (exact) mass is 590 g/mol. The number of sulfonamides is 1. The van der Waals surface area contributed by atoms with E-state index >= 15 is 0 Å². The van der Waals surface area contributed by atoms with E-state index in [0.29, 0.717) is 60.1 Å². The topological polar surface area (TPSA) is 166 Å². The van der Waals surface area contributed by atoms with Gasteiger partial charge in [0.05, 0.1) is 35.4 Å². The zero-order valence-corrected chi connectivity index (χ0v) is 23.9. The average Bonchev–Trinajstić information content (AvgIpc) is 2.88. The standard InChI is InChI=1S/C25H31ClN8O5S/c1-25(2,3)39-24(35)34-10-8-33(9-11-34)23-31-19(15-30-22-28-13-18(26)14-29-22)12-21(32-23)38-20-6-4-17(5-7-20)16-40(27,36)37/h4-7,12-14H,8-11,15-16H2,1-3H3,(H2,27,36,37)(H,28,29,30). The number of anilines is 2. The van der Waals surface area contributed by atoms with Crippen LogP contribution in [0.1, 0.15) is 32.0 Å². The van der Waals surface area contributed by atoms with Crippen LogP contribution < -0.4 is 20.1 Å². The number of primary sulfonamides is 1. The molecule has 1 saturated heterocycles. The van der Waals surface area contributed by atoms with Crippen LogP contribution in [0.3, 0.4) is 0 Å². The highest BCUT2D eigenvalue weighted by Crippen LogP contribution is 2.25. The van der Waals surface area contributed by atoms with Crippen molar-refractivity contribution < 1.29 is 22.7 Å². The zero-order chi connectivity index (χ0) is 28.9. The van der Waals surface area contributed by atoms with E-state index in [9.17, 15) is 13.2 Å². The summed E-state index contributed by atoms with van der Waals surface area (Å²) in [5, 5.41) is 8.65. The minimum atomic E-state index is -3.65. The molecule has 0 spiro atoms. The summed E-state index contributed by atoms with van der Waals surface area (Å²) >= 11 is 5.87. The summed E-state index contributed by atoms with van der Waals surface area (Å²) in [6, 6.07) is 8.21. The third-order valence-electron chi connectivity index (χ3n) is 5.52. The molecule has 1 amide bonds. The van der Waals surface area contributed by atoms with E-state index in [4.69, 9.17) is 31.2 Å². The van der Waals surface area contributed by atoms with Crippen LogP contribution >= 0.6 is 11.6 Å². The van der Waals surface area contributed by atoms with Gasteiger partial charge in [0.1, 0.15) is 11.4 Å². The highest BCUT2D eigenvalue weighted by atomic mass is 35.5. The predicted octanol–water partition coefficient (Wildman–Crippen LogP) is 3.17. The second kappa shape index (κ2) is 12.2. The fourth-order valence-corrected chi connectivity index (χ4v) is 4.49. The highest BCUT2D eigenvalue weighted by molar-refractivity contribution is 7.88. The fourth-order valence-electron chi connectivity index (χ4n) is 3.74. The molecule has 0 saturated carbocycles. The lowest BCUT2D eigenvalue weighted by molar-refractivity contribution is 0.0240. The molecule has 1 aromatic carbocycles. The van der Waals surface area contributed by atoms with E-state index in [2.05, 4.69) is 20.3 Å². The van der Waals surface area contributed by atoms with Crippen LogP contribution in [-0.2, 0) is 27.1 Å². The maximum atomic E-state index is 12.5. The molecule has 0 unspecified atom stereocenters. The summed E-state index contributed by atoms with van der Waals surface area (Å²) in [6.45, 7) is 7.66. The lowest BCUT2D eigenvalue weighted by atomic mass is 10.2. The first kappa shape index (κ1) is 29.2. The number of carbonyl (C=O) groups is 1. The first-order valence-corrected chi connectivity index (χ1v) is 14.5. The molecule has 13 nitrogen and oxygen atoms in total. The van der Waals surface area contributed by atoms with E-state index < -0.39 is 15.6 Å². The maximum absolute atomic E-state index is 12.5. The molecule has 0 bridgehead atoms. The number of hydrogen-bond acceptors (Lipinski definition) is 11. The van der Waals surface area contributed by atoms with Crippen molar-refractivity contribution in [3.8, 4) is 11.6 Å². The van der Waals surface area contributed by atoms with Gasteiger partial charge in [-0.1, -0.05) is 23.7 Å². The van der Waals surface area contributed by atoms with Gasteiger partial charge < -0.3 is 24.6 Å². The first-order valence-electron chi connectivity index (χ1n) is 12.4. The largest absolute Gasteiger partial charge is 0.444 e. The van der Waals surface area contributed by atoms with E-state index in [1.165, 1.54) is 12.4 Å². The van der Waals surface area contributed by atoms with Crippen LogP contribution in [0.25, 0.3) is 0 Å². The number of amides is 1. The Morgan fingerprint density at radius 2 is 1.73 bits per heavy atom. The van der Waals surface area contributed by atoms with Gasteiger partial charge in [-0.05, 0) is 38.5 Å². The number of piperazine rings is 1. The number of nitrogens with two attached hydrogens (primary N) is 1. The number of nitrogens with zero attached hydrogens (tertiary/aromatic N) is 6. The van der Waals surface area contributed by atoms with Gasteiger partial charge in [0.15, 0.2) is 0 Å². The molecule has 0 atom stereocenters. The summed E-state index contributed by atoms with van der Waals surface area (Å²) in [5.74, 6) is 1.28. The fraction of sp³-hybridized carbons (Fsp3) is 0.400. The maximum Gasteiger partial charge on any atom is 0.410 e. The van der Waals surface area contributed by atoms with Gasteiger partial charge in [-0.15, -0.1) is 0 Å². The van der Waals surface area contributed by atoms with Gasteiger partial charge in [-0.2, -0.15) is 4.98 Å². The van der Waals surface area contributed by atoms with Crippen molar-refractivity contribution in [3.63, 3.8) is 0 Å². The molecule has 3 N–H and O–H groups in total. The quantitative estimate of drug-likeness (QED) is 0.395. The Kier molecular flexibility index (Phi) is 8.91. The molecule has 3 aromatic rings. The normalized spacial score (nSPS) is 14.1. The van der Waals surface area contributed by atoms with Gasteiger partial charge in [0.2, 0.25) is 27.8 Å². The lowest BCUT2D eigenvalue weighted by Gasteiger charge is -2.35. The molecule has 2 aromatic heterocycles. The molecule has 4 rings (SSSR count). The van der Waals surface area contributed by atoms with Crippen molar-refractivity contribution in [1.82, 2.24) is 24.8 Å². The number of benzene rings is 1. The van der Waals surface area contributed by atoms with Gasteiger partial charge in [-0.25, -0.2) is 33.3 Å². The van der Waals surface area contributed by atoms with Gasteiger partial charge >= 0.3 is 6.09 Å². The Labute approximate surface area is 237 Å². The van der Waals surface area contributed by atoms with Crippen LogP contribution in [-0.4, -0.2) is 71.1 Å². The second-order valence-electron chi connectivity index (χ2n) is 10.1. The molecular formula is C25H31ClN8O5S. The Morgan fingerprint density at radius 1 is 1.07 bits per heavy atom. The zero-order valence-electron chi connectivity index (χ0n) is 22.4. The van der Waals surface area contributed by atoms with Gasteiger partial charge in [0, 0.05) is 32.2 Å². The van der Waals surface area contributed by atoms with Crippen LogP contribution in [0.15, 0.2) is 42.7 Å². The number of hydrogen-bond donors (Lipinski definition) is 2. The van der Waals surface area contributed by atoms with Crippen LogP contribution in [0.5, 0.6) is 11.6 Å². The molecule has 15 heteroatoms. The Morgan fingerprint density at radius 3 is 2.33 bits per heavy atom. The minimum absolute atomic E-state index is 0.275. The van der Waals surface area contributed by atoms with E-state index in [1.54, 1.807) is 35.2 Å². The molecule has 40 heavy (non-hydrogen) atoms. The van der Waals surface area contributed by atoms with Crippen molar-refractivity contribution in [3.05, 3.63) is 59.0 Å². The predicted molar refractivity (Wildman–Crippen MR) is 150 cm³/mol. The van der Waals surface area contributed by atoms with Crippen LogP contribution in [0.2, 0.25) is 5.02 Å². The highest BCUT2D eigenvalue weighted by Gasteiger charge is 2.27. The van der Waals surface area contributed by atoms with Crippen LogP contribution in [0.4, 0.5) is 16.7 Å². The molecule has 1 fully saturated rings. The molecular weight excluding hydrogens is 560 g/mol. The van der Waals surface area contributed by atoms with E-state index in [-0.39, 0.29) is 24.3 Å². The molecule has 1 aliphatic rings. The minimum Gasteiger partial charge on any atom is -0.444 e. The molecule has 0 radical (unpaired) electrons. The number of nitrogens with one attached hydrogen (secondary N) is 1. The summed E-state index contributed by atoms with van der Waals surface area (Å²) in [6.07, 6.45) is 2.62. The average molecular weight is 591 g/mol. The van der Waals surface area contributed by atoms with Crippen molar-refractivity contribution in [2.45, 2.75) is 38.7 Å². The number of rotatable bonds is 8. The first-order chi connectivity index (χ1) is 18.8. The number of halogens is 1. The molecule has 3 heterocycles.